The Morgan fingerprint density at radius 1 is 0.633 bits per heavy atom. The maximum atomic E-state index is 11.3. The number of hydrogen-bond acceptors (Lipinski definition) is 8. The Morgan fingerprint density at radius 3 is 1.33 bits per heavy atom. The Kier molecular flexibility index (Phi) is 12.2. The average Bonchev–Trinajstić information content (AvgIpc) is 2.56. The van der Waals surface area contributed by atoms with Crippen LogP contribution in [-0.4, -0.2) is 128 Å². The zero-order valence-electron chi connectivity index (χ0n) is 16.9. The molecule has 0 aromatic rings. The van der Waals surface area contributed by atoms with Gasteiger partial charge in [0, 0.05) is 25.2 Å². The Hall–Kier alpha value is -2.77. The highest BCUT2D eigenvalue weighted by atomic mass is 16.4. The van der Waals surface area contributed by atoms with Gasteiger partial charge in [-0.15, -0.1) is 0 Å². The van der Waals surface area contributed by atoms with Crippen LogP contribution in [0.2, 0.25) is 0 Å². The SMILES string of the molecule is CCC(CN(CC(=O)O)CC(C)N(CC(=O)O)CC(=O)O)N(CC(=O)O)CC(=O)O. The van der Waals surface area contributed by atoms with Crippen molar-refractivity contribution in [1.29, 1.82) is 0 Å². The van der Waals surface area contributed by atoms with Crippen molar-refractivity contribution in [3.63, 3.8) is 0 Å². The summed E-state index contributed by atoms with van der Waals surface area (Å²) in [6.45, 7) is 0.545. The molecule has 30 heavy (non-hydrogen) atoms. The summed E-state index contributed by atoms with van der Waals surface area (Å²) in [5.41, 5.74) is 0. The molecule has 5 N–H and O–H groups in total. The van der Waals surface area contributed by atoms with Crippen molar-refractivity contribution in [2.75, 3.05) is 45.8 Å². The summed E-state index contributed by atoms with van der Waals surface area (Å²) in [5.74, 6) is -6.14. The van der Waals surface area contributed by atoms with Crippen LogP contribution in [0.3, 0.4) is 0 Å². The Bertz CT molecular complexity index is 595. The summed E-state index contributed by atoms with van der Waals surface area (Å²) in [6, 6.07) is -1.25. The number of nitrogens with zero attached hydrogens (tertiary/aromatic N) is 3. The van der Waals surface area contributed by atoms with Gasteiger partial charge >= 0.3 is 29.8 Å². The lowest BCUT2D eigenvalue weighted by Gasteiger charge is -2.35. The van der Waals surface area contributed by atoms with Gasteiger partial charge in [0.25, 0.3) is 0 Å². The van der Waals surface area contributed by atoms with Crippen LogP contribution < -0.4 is 0 Å². The first kappa shape index (κ1) is 27.2. The summed E-state index contributed by atoms with van der Waals surface area (Å²) >= 11 is 0. The standard InChI is InChI=1S/C17H29N3O10/c1-3-12(20(9-16(27)28)10-17(29)30)5-18(6-13(21)22)4-11(2)19(7-14(23)24)8-15(25)26/h11-12H,3-10H2,1-2H3,(H,21,22)(H,23,24)(H,25,26)(H,27,28)(H,29,30). The normalized spacial score (nSPS) is 13.4. The molecular formula is C17H29N3O10. The first-order valence-electron chi connectivity index (χ1n) is 9.15. The molecule has 0 spiro atoms. The van der Waals surface area contributed by atoms with Crippen molar-refractivity contribution in [3.05, 3.63) is 0 Å². The first-order chi connectivity index (χ1) is 13.8. The van der Waals surface area contributed by atoms with E-state index >= 15 is 0 Å². The van der Waals surface area contributed by atoms with Crippen molar-refractivity contribution in [2.45, 2.75) is 32.4 Å². The molecule has 0 heterocycles. The molecule has 0 radical (unpaired) electrons. The van der Waals surface area contributed by atoms with Gasteiger partial charge in [0.1, 0.15) is 0 Å². The fourth-order valence-electron chi connectivity index (χ4n) is 3.06. The van der Waals surface area contributed by atoms with Crippen molar-refractivity contribution >= 4 is 29.8 Å². The predicted octanol–water partition coefficient (Wildman–Crippen LogP) is -1.52. The van der Waals surface area contributed by atoms with Gasteiger partial charge in [0.15, 0.2) is 0 Å². The van der Waals surface area contributed by atoms with E-state index in [2.05, 4.69) is 0 Å². The quantitative estimate of drug-likeness (QED) is 0.177. The van der Waals surface area contributed by atoms with Crippen molar-refractivity contribution in [3.8, 4) is 0 Å². The third-order valence-corrected chi connectivity index (χ3v) is 4.31. The molecule has 0 aliphatic heterocycles. The molecule has 0 saturated carbocycles. The minimum absolute atomic E-state index is 0.00167. The van der Waals surface area contributed by atoms with Gasteiger partial charge in [-0.2, -0.15) is 0 Å². The number of aliphatic carboxylic acids is 5. The molecule has 0 fully saturated rings. The highest BCUT2D eigenvalue weighted by molar-refractivity contribution is 5.73. The molecule has 13 nitrogen and oxygen atoms in total. The van der Waals surface area contributed by atoms with E-state index in [1.54, 1.807) is 13.8 Å². The fourth-order valence-corrected chi connectivity index (χ4v) is 3.06. The Labute approximate surface area is 173 Å². The molecule has 0 amide bonds. The van der Waals surface area contributed by atoms with Crippen LogP contribution in [0.4, 0.5) is 0 Å². The molecule has 172 valence electrons. The molecule has 0 aliphatic carbocycles. The zero-order chi connectivity index (χ0) is 23.4. The van der Waals surface area contributed by atoms with E-state index in [0.29, 0.717) is 6.42 Å². The molecular weight excluding hydrogens is 406 g/mol. The Morgan fingerprint density at radius 2 is 1.00 bits per heavy atom. The van der Waals surface area contributed by atoms with Crippen LogP contribution in [0.5, 0.6) is 0 Å². The summed E-state index contributed by atoms with van der Waals surface area (Å²) in [5, 5.41) is 45.3. The minimum Gasteiger partial charge on any atom is -0.480 e. The van der Waals surface area contributed by atoms with E-state index in [1.807, 2.05) is 0 Å². The predicted molar refractivity (Wildman–Crippen MR) is 101 cm³/mol. The lowest BCUT2D eigenvalue weighted by atomic mass is 10.1. The molecule has 2 unspecified atom stereocenters. The van der Waals surface area contributed by atoms with Gasteiger partial charge in [0.05, 0.1) is 32.7 Å². The summed E-state index contributed by atoms with van der Waals surface area (Å²) in [6.07, 6.45) is 0.332. The molecule has 0 aliphatic rings. The lowest BCUT2D eigenvalue weighted by Crippen LogP contribution is -2.52. The van der Waals surface area contributed by atoms with Crippen LogP contribution in [0, 0.1) is 0 Å². The highest BCUT2D eigenvalue weighted by Gasteiger charge is 2.27. The van der Waals surface area contributed by atoms with Gasteiger partial charge in [-0.3, -0.25) is 38.7 Å². The molecule has 0 saturated heterocycles. The van der Waals surface area contributed by atoms with Crippen LogP contribution in [-0.2, 0) is 24.0 Å². The topological polar surface area (TPSA) is 196 Å². The number of carboxylic acids is 5. The van der Waals surface area contributed by atoms with E-state index in [0.717, 1.165) is 4.90 Å². The summed E-state index contributed by atoms with van der Waals surface area (Å²) < 4.78 is 0. The smallest absolute Gasteiger partial charge is 0.317 e. The van der Waals surface area contributed by atoms with Crippen molar-refractivity contribution < 1.29 is 49.5 Å². The van der Waals surface area contributed by atoms with E-state index in [-0.39, 0.29) is 13.1 Å². The molecule has 0 rings (SSSR count). The second-order valence-electron chi connectivity index (χ2n) is 6.88. The van der Waals surface area contributed by atoms with E-state index in [1.165, 1.54) is 9.80 Å². The number of rotatable bonds is 17. The van der Waals surface area contributed by atoms with Crippen molar-refractivity contribution in [1.82, 2.24) is 14.7 Å². The van der Waals surface area contributed by atoms with Crippen LogP contribution in [0.1, 0.15) is 20.3 Å². The Balaban J connectivity index is 5.48. The van der Waals surface area contributed by atoms with Gasteiger partial charge < -0.3 is 25.5 Å². The van der Waals surface area contributed by atoms with Gasteiger partial charge in [-0.25, -0.2) is 0 Å². The lowest BCUT2D eigenvalue weighted by molar-refractivity contribution is -0.144. The maximum Gasteiger partial charge on any atom is 0.317 e. The number of carboxylic acid groups (broad SMARTS) is 5. The van der Waals surface area contributed by atoms with Crippen LogP contribution in [0.15, 0.2) is 0 Å². The van der Waals surface area contributed by atoms with Gasteiger partial charge in [-0.05, 0) is 13.3 Å². The van der Waals surface area contributed by atoms with Gasteiger partial charge in [0.2, 0.25) is 0 Å². The molecule has 13 heteroatoms. The highest BCUT2D eigenvalue weighted by Crippen LogP contribution is 2.10. The fraction of sp³-hybridized carbons (Fsp3) is 0.706. The van der Waals surface area contributed by atoms with E-state index < -0.39 is 74.7 Å². The number of hydrogen-bond donors (Lipinski definition) is 5. The van der Waals surface area contributed by atoms with E-state index in [4.69, 9.17) is 20.4 Å². The minimum atomic E-state index is -1.24. The van der Waals surface area contributed by atoms with Crippen molar-refractivity contribution in [2.24, 2.45) is 0 Å². The summed E-state index contributed by atoms with van der Waals surface area (Å²) in [7, 11) is 0. The molecule has 0 aromatic heterocycles. The van der Waals surface area contributed by atoms with Crippen LogP contribution >= 0.6 is 0 Å². The molecule has 2 atom stereocenters. The second-order valence-corrected chi connectivity index (χ2v) is 6.88. The molecule has 0 bridgehead atoms. The van der Waals surface area contributed by atoms with Gasteiger partial charge in [-0.1, -0.05) is 6.92 Å². The first-order valence-corrected chi connectivity index (χ1v) is 9.15. The third-order valence-electron chi connectivity index (χ3n) is 4.31. The monoisotopic (exact) mass is 435 g/mol. The zero-order valence-corrected chi connectivity index (χ0v) is 16.9. The maximum absolute atomic E-state index is 11.3. The number of carbonyl (C=O) groups is 5. The van der Waals surface area contributed by atoms with Crippen LogP contribution in [0.25, 0.3) is 0 Å². The average molecular weight is 435 g/mol. The second kappa shape index (κ2) is 13.5. The molecule has 0 aromatic carbocycles. The van der Waals surface area contributed by atoms with E-state index in [9.17, 15) is 29.1 Å². The third kappa shape index (κ3) is 11.9. The summed E-state index contributed by atoms with van der Waals surface area (Å²) in [4.78, 5) is 59.3. The largest absolute Gasteiger partial charge is 0.480 e.